The highest BCUT2D eigenvalue weighted by molar-refractivity contribution is 5.81. The summed E-state index contributed by atoms with van der Waals surface area (Å²) in [6, 6.07) is 0. The zero-order valence-electron chi connectivity index (χ0n) is 15.4. The number of carboxylic acids is 1. The van der Waals surface area contributed by atoms with Gasteiger partial charge in [0.05, 0.1) is 0 Å². The van der Waals surface area contributed by atoms with Crippen LogP contribution >= 0.6 is 0 Å². The molecular formula is C22H34O2. The highest BCUT2D eigenvalue weighted by Gasteiger charge is 1.92. The largest absolute Gasteiger partial charge is 0.478 e. The first-order valence-corrected chi connectivity index (χ1v) is 9.30. The molecule has 0 fully saturated rings. The molecule has 0 radical (unpaired) electrons. The number of hydrogen-bond donors (Lipinski definition) is 1. The summed E-state index contributed by atoms with van der Waals surface area (Å²) in [5, 5.41) is 8.69. The van der Waals surface area contributed by atoms with Gasteiger partial charge in [-0.2, -0.15) is 0 Å². The normalized spacial score (nSPS) is 13.2. The van der Waals surface area contributed by atoms with Crippen molar-refractivity contribution in [3.63, 3.8) is 0 Å². The van der Waals surface area contributed by atoms with Gasteiger partial charge in [0.1, 0.15) is 0 Å². The summed E-state index contributed by atoms with van der Waals surface area (Å²) in [6.07, 6.45) is 28.4. The number of aliphatic carboxylic acids is 1. The van der Waals surface area contributed by atoms with Gasteiger partial charge in [-0.15, -0.1) is 0 Å². The molecule has 0 bridgehead atoms. The molecule has 0 aromatic rings. The molecule has 0 saturated carbocycles. The van der Waals surface area contributed by atoms with Crippen LogP contribution in [-0.4, -0.2) is 11.1 Å². The Balaban J connectivity index is 3.75. The van der Waals surface area contributed by atoms with Gasteiger partial charge >= 0.3 is 5.97 Å². The van der Waals surface area contributed by atoms with Crippen LogP contribution in [0, 0.1) is 0 Å². The fourth-order valence-corrected chi connectivity index (χ4v) is 2.26. The van der Waals surface area contributed by atoms with Crippen LogP contribution in [0.3, 0.4) is 0 Å². The summed E-state index contributed by atoms with van der Waals surface area (Å²) >= 11 is 0. The van der Waals surface area contributed by atoms with Gasteiger partial charge in [-0.25, -0.2) is 4.79 Å². The Hall–Kier alpha value is -1.83. The van der Waals surface area contributed by atoms with E-state index in [1.165, 1.54) is 51.0 Å². The third-order valence-electron chi connectivity index (χ3n) is 3.69. The summed E-state index contributed by atoms with van der Waals surface area (Å²) in [5.74, 6) is -0.897. The summed E-state index contributed by atoms with van der Waals surface area (Å²) in [4.78, 5) is 10.6. The van der Waals surface area contributed by atoms with Crippen molar-refractivity contribution in [2.75, 3.05) is 0 Å². The third kappa shape index (κ3) is 16.5. The number of carboxylic acid groups (broad SMARTS) is 1. The molecule has 134 valence electrons. The number of unbranched alkanes of at least 4 members (excludes halogenated alkanes) is 7. The molecule has 0 aliphatic carbocycles. The minimum Gasteiger partial charge on any atom is -0.478 e. The standard InChI is InChI=1S/C22H34O2/c1-3-5-6-7-8-9-10-11-12-13-14-15-16-17-18-19-21(4-2)20-22(23)24/h12-20H,3-11H2,1-2H3,(H,23,24). The molecule has 0 spiro atoms. The van der Waals surface area contributed by atoms with Crippen molar-refractivity contribution < 1.29 is 9.90 Å². The Morgan fingerprint density at radius 1 is 0.792 bits per heavy atom. The molecule has 0 rings (SSSR count). The average molecular weight is 331 g/mol. The first kappa shape index (κ1) is 22.2. The van der Waals surface area contributed by atoms with E-state index >= 15 is 0 Å². The molecule has 2 heteroatoms. The Bertz CT molecular complexity index is 451. The van der Waals surface area contributed by atoms with Crippen LogP contribution < -0.4 is 0 Å². The molecule has 1 N–H and O–H groups in total. The molecule has 0 aliphatic heterocycles. The maximum absolute atomic E-state index is 10.6. The van der Waals surface area contributed by atoms with Crippen LogP contribution in [0.4, 0.5) is 0 Å². The van der Waals surface area contributed by atoms with Crippen molar-refractivity contribution in [3.8, 4) is 0 Å². The van der Waals surface area contributed by atoms with Gasteiger partial charge in [-0.05, 0) is 24.8 Å². The van der Waals surface area contributed by atoms with Gasteiger partial charge in [-0.1, -0.05) is 101 Å². The van der Waals surface area contributed by atoms with Crippen LogP contribution in [0.25, 0.3) is 0 Å². The zero-order chi connectivity index (χ0) is 17.9. The second-order valence-corrected chi connectivity index (χ2v) is 5.88. The van der Waals surface area contributed by atoms with E-state index in [9.17, 15) is 4.79 Å². The lowest BCUT2D eigenvalue weighted by molar-refractivity contribution is -0.131. The predicted octanol–water partition coefficient (Wildman–Crippen LogP) is 6.77. The van der Waals surface area contributed by atoms with Gasteiger partial charge in [-0.3, -0.25) is 0 Å². The smallest absolute Gasteiger partial charge is 0.328 e. The van der Waals surface area contributed by atoms with Gasteiger partial charge in [0.2, 0.25) is 0 Å². The van der Waals surface area contributed by atoms with Crippen molar-refractivity contribution in [3.05, 3.63) is 60.3 Å². The molecule has 0 aromatic heterocycles. The van der Waals surface area contributed by atoms with Gasteiger partial charge in [0.15, 0.2) is 0 Å². The monoisotopic (exact) mass is 330 g/mol. The van der Waals surface area contributed by atoms with Crippen molar-refractivity contribution in [2.45, 2.75) is 71.6 Å². The number of hydrogen-bond acceptors (Lipinski definition) is 1. The van der Waals surface area contributed by atoms with E-state index in [-0.39, 0.29) is 0 Å². The zero-order valence-corrected chi connectivity index (χ0v) is 15.4. The maximum atomic E-state index is 10.6. The second-order valence-electron chi connectivity index (χ2n) is 5.88. The molecule has 0 amide bonds. The number of allylic oxidation sites excluding steroid dienone is 9. The van der Waals surface area contributed by atoms with Crippen molar-refractivity contribution >= 4 is 5.97 Å². The summed E-state index contributed by atoms with van der Waals surface area (Å²) in [6.45, 7) is 4.20. The van der Waals surface area contributed by atoms with Crippen molar-refractivity contribution in [1.29, 1.82) is 0 Å². The number of rotatable bonds is 14. The molecule has 0 heterocycles. The Morgan fingerprint density at radius 2 is 1.38 bits per heavy atom. The lowest BCUT2D eigenvalue weighted by Crippen LogP contribution is -1.89. The molecule has 0 saturated heterocycles. The van der Waals surface area contributed by atoms with Crippen LogP contribution in [0.5, 0.6) is 0 Å². The minimum absolute atomic E-state index is 0.716. The molecule has 0 atom stereocenters. The second kappa shape index (κ2) is 17.5. The van der Waals surface area contributed by atoms with Crippen LogP contribution in [-0.2, 0) is 4.79 Å². The Kier molecular flexibility index (Phi) is 16.2. The molecule has 0 aliphatic rings. The quantitative estimate of drug-likeness (QED) is 0.217. The van der Waals surface area contributed by atoms with Crippen molar-refractivity contribution in [2.24, 2.45) is 0 Å². The molecule has 24 heavy (non-hydrogen) atoms. The fourth-order valence-electron chi connectivity index (χ4n) is 2.26. The van der Waals surface area contributed by atoms with Crippen LogP contribution in [0.15, 0.2) is 60.3 Å². The van der Waals surface area contributed by atoms with E-state index in [4.69, 9.17) is 5.11 Å². The van der Waals surface area contributed by atoms with Gasteiger partial charge in [0, 0.05) is 6.08 Å². The molecule has 0 aromatic carbocycles. The topological polar surface area (TPSA) is 37.3 Å². The van der Waals surface area contributed by atoms with Crippen LogP contribution in [0.1, 0.15) is 71.6 Å². The fraction of sp³-hybridized carbons (Fsp3) is 0.500. The lowest BCUT2D eigenvalue weighted by Gasteiger charge is -1.98. The predicted molar refractivity (Wildman–Crippen MR) is 105 cm³/mol. The third-order valence-corrected chi connectivity index (χ3v) is 3.69. The summed E-state index contributed by atoms with van der Waals surface area (Å²) in [7, 11) is 0. The summed E-state index contributed by atoms with van der Waals surface area (Å²) < 4.78 is 0. The summed E-state index contributed by atoms with van der Waals surface area (Å²) in [5.41, 5.74) is 0.811. The van der Waals surface area contributed by atoms with Gasteiger partial charge in [0.25, 0.3) is 0 Å². The molecule has 0 unspecified atom stereocenters. The molecule has 2 nitrogen and oxygen atoms in total. The number of carbonyl (C=O) groups is 1. The Labute approximate surface area is 148 Å². The van der Waals surface area contributed by atoms with E-state index in [1.54, 1.807) is 0 Å². The lowest BCUT2D eigenvalue weighted by atomic mass is 10.1. The van der Waals surface area contributed by atoms with E-state index in [0.717, 1.165) is 12.0 Å². The van der Waals surface area contributed by atoms with Gasteiger partial charge < -0.3 is 5.11 Å². The Morgan fingerprint density at radius 3 is 2.00 bits per heavy atom. The molecular weight excluding hydrogens is 296 g/mol. The van der Waals surface area contributed by atoms with E-state index in [2.05, 4.69) is 19.1 Å². The SMILES string of the molecule is CCCCCCCCCC=CC=CC=CC=CC(=CC(=O)O)CC. The maximum Gasteiger partial charge on any atom is 0.328 e. The van der Waals surface area contributed by atoms with Crippen molar-refractivity contribution in [1.82, 2.24) is 0 Å². The minimum atomic E-state index is -0.897. The van der Waals surface area contributed by atoms with Crippen LogP contribution in [0.2, 0.25) is 0 Å². The highest BCUT2D eigenvalue weighted by Crippen LogP contribution is 2.08. The van der Waals surface area contributed by atoms with E-state index in [0.29, 0.717) is 6.42 Å². The first-order chi connectivity index (χ1) is 11.7. The highest BCUT2D eigenvalue weighted by atomic mass is 16.4. The van der Waals surface area contributed by atoms with E-state index in [1.807, 2.05) is 43.4 Å². The van der Waals surface area contributed by atoms with E-state index < -0.39 is 5.97 Å². The first-order valence-electron chi connectivity index (χ1n) is 9.30. The average Bonchev–Trinajstić information content (AvgIpc) is 2.56.